The van der Waals surface area contributed by atoms with Gasteiger partial charge in [-0.15, -0.1) is 0 Å². The quantitative estimate of drug-likeness (QED) is 0.584. The zero-order valence-electron chi connectivity index (χ0n) is 14.9. The summed E-state index contributed by atoms with van der Waals surface area (Å²) >= 11 is 0. The predicted octanol–water partition coefficient (Wildman–Crippen LogP) is 4.54. The molecule has 1 N–H and O–H groups in total. The van der Waals surface area contributed by atoms with Gasteiger partial charge in [0.05, 0.1) is 11.0 Å². The molecule has 0 fully saturated rings. The Hall–Kier alpha value is -3.27. The zero-order chi connectivity index (χ0) is 18.1. The van der Waals surface area contributed by atoms with Crippen molar-refractivity contribution in [3.05, 3.63) is 89.7 Å². The Kier molecular flexibility index (Phi) is 4.02. The topological polar surface area (TPSA) is 47.1 Å². The molecule has 4 aromatic rings. The monoisotopic (exact) mass is 356 g/mol. The Morgan fingerprint density at radius 1 is 0.889 bits per heavy atom. The third kappa shape index (κ3) is 3.26. The molecule has 4 nitrogen and oxygen atoms in total. The number of aromatic nitrogens is 2. The number of rotatable bonds is 4. The Morgan fingerprint density at radius 3 is 2.59 bits per heavy atom. The van der Waals surface area contributed by atoms with Crippen LogP contribution in [0.3, 0.4) is 0 Å². The largest absolute Gasteiger partial charge is 0.486 e. The number of nitrogens with one attached hydrogen (secondary N) is 1. The van der Waals surface area contributed by atoms with Crippen LogP contribution in [0.15, 0.2) is 72.8 Å². The van der Waals surface area contributed by atoms with Gasteiger partial charge in [-0.1, -0.05) is 54.6 Å². The maximum atomic E-state index is 6.07. The van der Waals surface area contributed by atoms with Crippen LogP contribution in [0, 0.1) is 0 Å². The van der Waals surface area contributed by atoms with Crippen LogP contribution >= 0.6 is 0 Å². The lowest BCUT2D eigenvalue weighted by Crippen LogP contribution is -2.31. The standard InChI is InChI=1S/C23H20N2O2/c1-2-7-16(8-3-1)13-17-9-6-10-19-23(17)25-22(24-19)14-18-15-26-20-11-4-5-12-21(20)27-18/h1-12,18H,13-15H2,(H,24,25). The fourth-order valence-corrected chi connectivity index (χ4v) is 3.58. The highest BCUT2D eigenvalue weighted by atomic mass is 16.6. The maximum absolute atomic E-state index is 6.07. The fraction of sp³-hybridized carbons (Fsp3) is 0.174. The van der Waals surface area contributed by atoms with Crippen molar-refractivity contribution in [2.75, 3.05) is 6.61 Å². The molecule has 1 atom stereocenters. The van der Waals surface area contributed by atoms with Crippen LogP contribution in [-0.2, 0) is 12.8 Å². The van der Waals surface area contributed by atoms with Crippen molar-refractivity contribution in [3.63, 3.8) is 0 Å². The van der Waals surface area contributed by atoms with Crippen LogP contribution in [0.5, 0.6) is 11.5 Å². The average molecular weight is 356 g/mol. The van der Waals surface area contributed by atoms with Gasteiger partial charge in [0, 0.05) is 6.42 Å². The van der Waals surface area contributed by atoms with Gasteiger partial charge >= 0.3 is 0 Å². The van der Waals surface area contributed by atoms with Gasteiger partial charge in [-0.2, -0.15) is 0 Å². The minimum Gasteiger partial charge on any atom is -0.486 e. The summed E-state index contributed by atoms with van der Waals surface area (Å²) in [4.78, 5) is 8.31. The first-order chi connectivity index (χ1) is 13.3. The number of benzene rings is 3. The molecule has 3 aromatic carbocycles. The lowest BCUT2D eigenvalue weighted by molar-refractivity contribution is 0.0900. The summed E-state index contributed by atoms with van der Waals surface area (Å²) < 4.78 is 11.9. The summed E-state index contributed by atoms with van der Waals surface area (Å²) in [6.07, 6.45) is 1.52. The molecule has 1 aromatic heterocycles. The van der Waals surface area contributed by atoms with Gasteiger partial charge in [0.1, 0.15) is 18.5 Å². The van der Waals surface area contributed by atoms with Crippen molar-refractivity contribution in [3.8, 4) is 11.5 Å². The van der Waals surface area contributed by atoms with Crippen molar-refractivity contribution in [1.29, 1.82) is 0 Å². The van der Waals surface area contributed by atoms with Crippen molar-refractivity contribution in [1.82, 2.24) is 9.97 Å². The number of aromatic amines is 1. The molecule has 0 aliphatic carbocycles. The SMILES string of the molecule is c1ccc(Cc2cccc3[nH]c(CC4COc5ccccc5O4)nc23)cc1. The summed E-state index contributed by atoms with van der Waals surface area (Å²) in [7, 11) is 0. The number of H-pyrrole nitrogens is 1. The first kappa shape index (κ1) is 15.9. The smallest absolute Gasteiger partial charge is 0.161 e. The van der Waals surface area contributed by atoms with E-state index in [0.29, 0.717) is 13.0 Å². The van der Waals surface area contributed by atoms with E-state index in [9.17, 15) is 0 Å². The molecule has 5 rings (SSSR count). The first-order valence-corrected chi connectivity index (χ1v) is 9.24. The Bertz CT molecular complexity index is 1070. The van der Waals surface area contributed by atoms with Gasteiger partial charge in [-0.05, 0) is 35.7 Å². The van der Waals surface area contributed by atoms with Gasteiger partial charge < -0.3 is 14.5 Å². The number of imidazole rings is 1. The number of nitrogens with zero attached hydrogens (tertiary/aromatic N) is 1. The second-order valence-corrected chi connectivity index (χ2v) is 6.86. The van der Waals surface area contributed by atoms with Crippen LogP contribution in [0.4, 0.5) is 0 Å². The number of para-hydroxylation sites is 3. The molecule has 1 unspecified atom stereocenters. The van der Waals surface area contributed by atoms with Gasteiger partial charge in [-0.3, -0.25) is 0 Å². The van der Waals surface area contributed by atoms with Crippen molar-refractivity contribution in [2.45, 2.75) is 18.9 Å². The minimum absolute atomic E-state index is 0.0435. The molecule has 0 bridgehead atoms. The molecule has 27 heavy (non-hydrogen) atoms. The molecule has 4 heteroatoms. The van der Waals surface area contributed by atoms with E-state index in [1.54, 1.807) is 0 Å². The molecule has 2 heterocycles. The van der Waals surface area contributed by atoms with E-state index in [1.807, 2.05) is 30.3 Å². The predicted molar refractivity (Wildman–Crippen MR) is 105 cm³/mol. The van der Waals surface area contributed by atoms with Gasteiger partial charge in [0.15, 0.2) is 11.5 Å². The molecule has 0 spiro atoms. The van der Waals surface area contributed by atoms with E-state index < -0.39 is 0 Å². The number of fused-ring (bicyclic) bond motifs is 2. The Balaban J connectivity index is 1.38. The summed E-state index contributed by atoms with van der Waals surface area (Å²) in [5, 5.41) is 0. The molecule has 134 valence electrons. The third-order valence-electron chi connectivity index (χ3n) is 4.87. The highest BCUT2D eigenvalue weighted by Crippen LogP contribution is 2.31. The zero-order valence-corrected chi connectivity index (χ0v) is 14.9. The normalized spacial score (nSPS) is 15.8. The molecule has 0 saturated carbocycles. The number of hydrogen-bond acceptors (Lipinski definition) is 3. The Morgan fingerprint density at radius 2 is 1.70 bits per heavy atom. The van der Waals surface area contributed by atoms with Crippen LogP contribution in [0.1, 0.15) is 17.0 Å². The second kappa shape index (κ2) is 6.80. The summed E-state index contributed by atoms with van der Waals surface area (Å²) in [5.74, 6) is 2.54. The lowest BCUT2D eigenvalue weighted by Gasteiger charge is -2.25. The van der Waals surface area contributed by atoms with E-state index in [4.69, 9.17) is 14.5 Å². The van der Waals surface area contributed by atoms with Crippen molar-refractivity contribution < 1.29 is 9.47 Å². The summed E-state index contributed by atoms with van der Waals surface area (Å²) in [6, 6.07) is 24.6. The summed E-state index contributed by atoms with van der Waals surface area (Å²) in [6.45, 7) is 0.533. The second-order valence-electron chi connectivity index (χ2n) is 6.86. The molecule has 1 aliphatic rings. The molecular weight excluding hydrogens is 336 g/mol. The van der Waals surface area contributed by atoms with Crippen LogP contribution in [0.25, 0.3) is 11.0 Å². The lowest BCUT2D eigenvalue weighted by atomic mass is 10.0. The minimum atomic E-state index is -0.0435. The summed E-state index contributed by atoms with van der Waals surface area (Å²) in [5.41, 5.74) is 4.62. The highest BCUT2D eigenvalue weighted by Gasteiger charge is 2.22. The van der Waals surface area contributed by atoms with Crippen LogP contribution < -0.4 is 9.47 Å². The van der Waals surface area contributed by atoms with Gasteiger partial charge in [0.2, 0.25) is 0 Å². The van der Waals surface area contributed by atoms with E-state index in [-0.39, 0.29) is 6.10 Å². The van der Waals surface area contributed by atoms with E-state index in [2.05, 4.69) is 47.4 Å². The molecule has 0 amide bonds. The number of hydrogen-bond donors (Lipinski definition) is 1. The van der Waals surface area contributed by atoms with Crippen LogP contribution in [0.2, 0.25) is 0 Å². The number of ether oxygens (including phenoxy) is 2. The van der Waals surface area contributed by atoms with E-state index in [0.717, 1.165) is 34.8 Å². The maximum Gasteiger partial charge on any atom is 0.161 e. The molecular formula is C23H20N2O2. The van der Waals surface area contributed by atoms with Gasteiger partial charge in [-0.25, -0.2) is 4.98 Å². The fourth-order valence-electron chi connectivity index (χ4n) is 3.58. The van der Waals surface area contributed by atoms with Crippen LogP contribution in [-0.4, -0.2) is 22.7 Å². The van der Waals surface area contributed by atoms with Crippen molar-refractivity contribution >= 4 is 11.0 Å². The highest BCUT2D eigenvalue weighted by molar-refractivity contribution is 5.79. The van der Waals surface area contributed by atoms with E-state index in [1.165, 1.54) is 11.1 Å². The first-order valence-electron chi connectivity index (χ1n) is 9.24. The molecule has 1 aliphatic heterocycles. The Labute approximate surface area is 157 Å². The average Bonchev–Trinajstić information content (AvgIpc) is 3.12. The molecule has 0 radical (unpaired) electrons. The molecule has 0 saturated heterocycles. The van der Waals surface area contributed by atoms with Gasteiger partial charge in [0.25, 0.3) is 0 Å². The van der Waals surface area contributed by atoms with E-state index >= 15 is 0 Å². The van der Waals surface area contributed by atoms with Crippen molar-refractivity contribution in [2.24, 2.45) is 0 Å². The third-order valence-corrected chi connectivity index (χ3v) is 4.87.